The number of phenolic OH excluding ortho intramolecular Hbond substituents is 1. The molecule has 2 aliphatic heterocycles. The third-order valence-electron chi connectivity index (χ3n) is 12.3. The molecule has 9 amide bonds. The van der Waals surface area contributed by atoms with Crippen LogP contribution in [-0.2, 0) is 60.8 Å². The Kier molecular flexibility index (Phi) is 21.9. The summed E-state index contributed by atoms with van der Waals surface area (Å²) in [6.45, 7) is 9.02. The van der Waals surface area contributed by atoms with E-state index in [1.165, 1.54) is 36.1 Å². The lowest BCUT2D eigenvalue weighted by atomic mass is 9.98. The van der Waals surface area contributed by atoms with Crippen LogP contribution >= 0.6 is 0 Å². The molecule has 2 aromatic rings. The van der Waals surface area contributed by atoms with Crippen LogP contribution < -0.4 is 47.9 Å². The maximum Gasteiger partial charge on any atom is 0.326 e. The number of likely N-dealkylation sites (tertiary alicyclic amines) is 1. The van der Waals surface area contributed by atoms with E-state index >= 15 is 0 Å². The normalized spacial score (nSPS) is 18.3. The Morgan fingerprint density at radius 1 is 0.611 bits per heavy atom. The number of benzene rings is 2. The number of carbonyl (C=O) groups is 10. The van der Waals surface area contributed by atoms with E-state index in [-0.39, 0.29) is 31.0 Å². The van der Waals surface area contributed by atoms with Gasteiger partial charge in [0, 0.05) is 19.4 Å². The quantitative estimate of drug-likeness (QED) is 0.0506. The average molecular weight is 1010 g/mol. The van der Waals surface area contributed by atoms with Crippen LogP contribution in [0.2, 0.25) is 0 Å². The largest absolute Gasteiger partial charge is 0.508 e. The fourth-order valence-corrected chi connectivity index (χ4v) is 8.21. The molecule has 0 saturated carbocycles. The predicted octanol–water partition coefficient (Wildman–Crippen LogP) is -2.14. The van der Waals surface area contributed by atoms with Crippen LogP contribution in [-0.4, -0.2) is 160 Å². The zero-order chi connectivity index (χ0) is 53.2. The van der Waals surface area contributed by atoms with Crippen LogP contribution in [0, 0.1) is 11.8 Å². The van der Waals surface area contributed by atoms with Gasteiger partial charge in [0.1, 0.15) is 48.0 Å². The lowest BCUT2D eigenvalue weighted by Gasteiger charge is -2.31. The maximum atomic E-state index is 13.9. The molecule has 72 heavy (non-hydrogen) atoms. The molecule has 0 unspecified atom stereocenters. The van der Waals surface area contributed by atoms with E-state index in [2.05, 4.69) is 47.9 Å². The highest BCUT2D eigenvalue weighted by Gasteiger charge is 2.40. The molecule has 23 nitrogen and oxygen atoms in total. The van der Waals surface area contributed by atoms with Crippen molar-refractivity contribution in [2.45, 2.75) is 135 Å². The van der Waals surface area contributed by atoms with Crippen LogP contribution in [0.5, 0.6) is 5.75 Å². The number of aliphatic hydroxyl groups excluding tert-OH is 1. The van der Waals surface area contributed by atoms with E-state index in [1.807, 2.05) is 0 Å². The first-order valence-electron chi connectivity index (χ1n) is 24.2. The average Bonchev–Trinajstić information content (AvgIpc) is 4.07. The van der Waals surface area contributed by atoms with Gasteiger partial charge in [-0.25, -0.2) is 4.79 Å². The third-order valence-corrected chi connectivity index (χ3v) is 12.3. The van der Waals surface area contributed by atoms with Gasteiger partial charge in [-0.3, -0.25) is 43.2 Å². The number of aliphatic hydroxyl groups is 1. The first kappa shape index (κ1) is 57.4. The molecule has 0 aromatic heterocycles. The molecule has 0 radical (unpaired) electrons. The molecule has 2 fully saturated rings. The first-order valence-corrected chi connectivity index (χ1v) is 24.2. The Morgan fingerprint density at radius 2 is 1.18 bits per heavy atom. The molecule has 9 atom stereocenters. The van der Waals surface area contributed by atoms with Gasteiger partial charge in [-0.2, -0.15) is 0 Å². The molecule has 2 heterocycles. The van der Waals surface area contributed by atoms with Gasteiger partial charge in [0.25, 0.3) is 0 Å². The second-order valence-corrected chi connectivity index (χ2v) is 18.8. The number of nitrogens with zero attached hydrogens (tertiary/aromatic N) is 1. The summed E-state index contributed by atoms with van der Waals surface area (Å²) in [6.07, 6.45) is 0.541. The first-order chi connectivity index (χ1) is 34.1. The molecular weight excluding hydrogens is 937 g/mol. The molecule has 2 saturated heterocycles. The van der Waals surface area contributed by atoms with Crippen molar-refractivity contribution in [3.05, 3.63) is 65.7 Å². The summed E-state index contributed by atoms with van der Waals surface area (Å²) in [4.78, 5) is 134. The summed E-state index contributed by atoms with van der Waals surface area (Å²) < 4.78 is 0. The van der Waals surface area contributed by atoms with E-state index in [4.69, 9.17) is 0 Å². The van der Waals surface area contributed by atoms with Gasteiger partial charge in [-0.15, -0.1) is 0 Å². The minimum atomic E-state index is -1.70. The molecule has 0 bridgehead atoms. The lowest BCUT2D eigenvalue weighted by Crippen LogP contribution is -2.62. The van der Waals surface area contributed by atoms with Gasteiger partial charge in [-0.1, -0.05) is 70.2 Å². The van der Waals surface area contributed by atoms with Gasteiger partial charge < -0.3 is 68.1 Å². The number of carboxylic acids is 1. The van der Waals surface area contributed by atoms with E-state index in [1.54, 1.807) is 65.0 Å². The number of rotatable bonds is 25. The van der Waals surface area contributed by atoms with Gasteiger partial charge >= 0.3 is 5.97 Å². The molecular formula is C49H70N10O13. The summed E-state index contributed by atoms with van der Waals surface area (Å²) in [5.41, 5.74) is 1.11. The summed E-state index contributed by atoms with van der Waals surface area (Å²) in [5.74, 6) is -9.01. The highest BCUT2D eigenvalue weighted by atomic mass is 16.4. The highest BCUT2D eigenvalue weighted by molar-refractivity contribution is 5.98. The Bertz CT molecular complexity index is 2240. The standard InChI is InChI=1S/C49H70N10O13/c1-26(2)39(56-44(66)36-15-11-21-59(36)48(70)28(5)53-43(65)33-14-10-20-50-33)45(67)57-40(27(3)4)46(68)58-41(29(6)60)47(69)55-34(22-31-16-18-32(61)19-17-31)42(64)52-24-37(62)51-25-38(63)54-35(49(71)72)23-30-12-8-7-9-13-30/h7-9,12-13,16-19,26-29,33-36,39-41,50,60-61H,10-11,14-15,20-25H2,1-6H3,(H,51,62)(H,52,64)(H,53,65)(H,54,63)(H,55,69)(H,56,66)(H,57,67)(H,58,68)(H,71,72)/t28-,29+,33-,34-,35-,36-,39-,40-,41-/m0/s1. The summed E-state index contributed by atoms with van der Waals surface area (Å²) in [5, 5.41) is 53.4. The van der Waals surface area contributed by atoms with Gasteiger partial charge in [-0.05, 0) is 81.2 Å². The number of aliphatic carboxylic acids is 1. The summed E-state index contributed by atoms with van der Waals surface area (Å²) in [6, 6.07) is 5.09. The van der Waals surface area contributed by atoms with Crippen LogP contribution in [0.3, 0.4) is 0 Å². The SMILES string of the molecule is CC(C)[C@H](NC(=O)[C@@H](NC(=O)[C@@H]1CCCN1C(=O)[C@H](C)NC(=O)[C@@H]1CCCN1)C(C)C)C(=O)N[C@H](C(=O)N[C@@H](Cc1ccc(O)cc1)C(=O)NCC(=O)NCC(=O)N[C@@H](Cc1ccccc1)C(=O)O)[C@@H](C)O. The smallest absolute Gasteiger partial charge is 0.326 e. The van der Waals surface area contributed by atoms with E-state index in [0.29, 0.717) is 36.9 Å². The van der Waals surface area contributed by atoms with Crippen LogP contribution in [0.25, 0.3) is 0 Å². The lowest BCUT2D eigenvalue weighted by molar-refractivity contribution is -0.142. The molecule has 23 heteroatoms. The van der Waals surface area contributed by atoms with Crippen molar-refractivity contribution in [1.29, 1.82) is 0 Å². The topological polar surface area (TPSA) is 343 Å². The van der Waals surface area contributed by atoms with Crippen molar-refractivity contribution in [2.24, 2.45) is 11.8 Å². The molecule has 4 rings (SSSR count). The molecule has 12 N–H and O–H groups in total. The van der Waals surface area contributed by atoms with Crippen molar-refractivity contribution < 1.29 is 63.3 Å². The molecule has 2 aromatic carbocycles. The second kappa shape index (κ2) is 27.5. The fourth-order valence-electron chi connectivity index (χ4n) is 8.21. The van der Waals surface area contributed by atoms with Gasteiger partial charge in [0.2, 0.25) is 53.2 Å². The zero-order valence-corrected chi connectivity index (χ0v) is 41.5. The zero-order valence-electron chi connectivity index (χ0n) is 41.5. The number of amides is 9. The van der Waals surface area contributed by atoms with Crippen molar-refractivity contribution >= 4 is 59.1 Å². The number of hydrogen-bond donors (Lipinski definition) is 12. The predicted molar refractivity (Wildman–Crippen MR) is 260 cm³/mol. The monoisotopic (exact) mass is 1010 g/mol. The summed E-state index contributed by atoms with van der Waals surface area (Å²) in [7, 11) is 0. The Morgan fingerprint density at radius 3 is 1.76 bits per heavy atom. The minimum Gasteiger partial charge on any atom is -0.508 e. The Balaban J connectivity index is 1.38. The number of nitrogens with one attached hydrogen (secondary N) is 9. The highest BCUT2D eigenvalue weighted by Crippen LogP contribution is 2.20. The van der Waals surface area contributed by atoms with E-state index in [0.717, 1.165) is 6.42 Å². The third kappa shape index (κ3) is 17.3. The number of aromatic hydroxyl groups is 1. The van der Waals surface area contributed by atoms with Crippen molar-refractivity contribution in [3.8, 4) is 5.75 Å². The minimum absolute atomic E-state index is 0.0104. The second-order valence-electron chi connectivity index (χ2n) is 18.8. The van der Waals surface area contributed by atoms with Crippen LogP contribution in [0.15, 0.2) is 54.6 Å². The molecule has 0 aliphatic carbocycles. The van der Waals surface area contributed by atoms with Gasteiger partial charge in [0.05, 0.1) is 25.2 Å². The van der Waals surface area contributed by atoms with Crippen LogP contribution in [0.4, 0.5) is 0 Å². The van der Waals surface area contributed by atoms with E-state index < -0.39 is 133 Å². The van der Waals surface area contributed by atoms with Crippen molar-refractivity contribution in [3.63, 3.8) is 0 Å². The summed E-state index contributed by atoms with van der Waals surface area (Å²) >= 11 is 0. The number of hydrogen-bond acceptors (Lipinski definition) is 13. The maximum absolute atomic E-state index is 13.9. The van der Waals surface area contributed by atoms with Gasteiger partial charge in [0.15, 0.2) is 0 Å². The van der Waals surface area contributed by atoms with E-state index in [9.17, 15) is 63.3 Å². The van der Waals surface area contributed by atoms with Crippen LogP contribution in [0.1, 0.15) is 78.4 Å². The molecule has 0 spiro atoms. The molecule has 394 valence electrons. The number of carboxylic acid groups (broad SMARTS) is 1. The van der Waals surface area contributed by atoms with Crippen molar-refractivity contribution in [1.82, 2.24) is 52.8 Å². The Labute approximate surface area is 418 Å². The van der Waals surface area contributed by atoms with Crippen molar-refractivity contribution in [2.75, 3.05) is 26.2 Å². The molecule has 2 aliphatic rings. The number of carbonyl (C=O) groups excluding carboxylic acids is 9. The number of phenols is 1. The Hall–Kier alpha value is -7.14. The fraction of sp³-hybridized carbons (Fsp3) is 0.551.